The molecule has 0 amide bonds. The van der Waals surface area contributed by atoms with E-state index in [0.717, 1.165) is 26.3 Å². The molecule has 1 aromatic heterocycles. The first-order chi connectivity index (χ1) is 19.7. The Morgan fingerprint density at radius 2 is 1.52 bits per heavy atom. The fraction of sp³-hybridized carbons (Fsp3) is 0.444. The number of carbonyl (C=O) groups excluding carboxylic acids is 4. The topological polar surface area (TPSA) is 181 Å². The number of benzene rings is 1. The first kappa shape index (κ1) is 32.1. The lowest BCUT2D eigenvalue weighted by molar-refractivity contribution is -0.254. The van der Waals surface area contributed by atoms with Crippen molar-refractivity contribution < 1.29 is 47.3 Å². The van der Waals surface area contributed by atoms with Gasteiger partial charge in [0.1, 0.15) is 18.3 Å². The molecule has 1 saturated heterocycles. The molecule has 14 nitrogen and oxygen atoms in total. The van der Waals surface area contributed by atoms with Crippen molar-refractivity contribution in [3.05, 3.63) is 45.8 Å². The summed E-state index contributed by atoms with van der Waals surface area (Å²) < 4.78 is 32.5. The average Bonchev–Trinajstić information content (AvgIpc) is 2.88. The van der Waals surface area contributed by atoms with Crippen molar-refractivity contribution in [1.29, 1.82) is 0 Å². The minimum atomic E-state index is -1.37. The highest BCUT2D eigenvalue weighted by molar-refractivity contribution is 7.80. The minimum absolute atomic E-state index is 0.143. The third kappa shape index (κ3) is 8.57. The van der Waals surface area contributed by atoms with Crippen molar-refractivity contribution in [3.8, 4) is 0 Å². The van der Waals surface area contributed by atoms with Crippen LogP contribution in [-0.2, 0) is 42.9 Å². The molecule has 1 fully saturated rings. The van der Waals surface area contributed by atoms with E-state index in [1.165, 1.54) is 6.92 Å². The van der Waals surface area contributed by atoms with Gasteiger partial charge in [-0.15, -0.1) is 0 Å². The summed E-state index contributed by atoms with van der Waals surface area (Å²) >= 11 is 5.33. The first-order valence-corrected chi connectivity index (χ1v) is 13.1. The van der Waals surface area contributed by atoms with E-state index in [1.807, 2.05) is 19.1 Å². The molecule has 0 bridgehead atoms. The lowest BCUT2D eigenvalue weighted by Gasteiger charge is -2.44. The summed E-state index contributed by atoms with van der Waals surface area (Å²) in [6.07, 6.45) is -6.52. The summed E-state index contributed by atoms with van der Waals surface area (Å²) in [7, 11) is 0. The summed E-state index contributed by atoms with van der Waals surface area (Å²) in [5.74, 6) is -2.94. The SMILES string of the molecule is CC(=O)OC[C@H]1O[C@@H](NC(=S)N/N=C(\C)c2cc3ccc(C)cc3oc2=O)[C@H](OC(C)=O)[C@@H](OC(C)=O)[C@@H]1OC(C)=O. The van der Waals surface area contributed by atoms with E-state index in [9.17, 15) is 24.0 Å². The summed E-state index contributed by atoms with van der Waals surface area (Å²) in [6, 6.07) is 7.08. The van der Waals surface area contributed by atoms with Crippen LogP contribution in [0.4, 0.5) is 0 Å². The van der Waals surface area contributed by atoms with Gasteiger partial charge in [0.05, 0.1) is 11.3 Å². The number of hydrazone groups is 1. The first-order valence-electron chi connectivity index (χ1n) is 12.7. The highest BCUT2D eigenvalue weighted by atomic mass is 32.1. The molecule has 226 valence electrons. The van der Waals surface area contributed by atoms with E-state index in [4.69, 9.17) is 40.3 Å². The molecule has 0 spiro atoms. The van der Waals surface area contributed by atoms with Crippen molar-refractivity contribution in [3.63, 3.8) is 0 Å². The molecule has 1 aromatic carbocycles. The zero-order valence-electron chi connectivity index (χ0n) is 23.7. The lowest BCUT2D eigenvalue weighted by Crippen LogP contribution is -2.66. The van der Waals surface area contributed by atoms with Gasteiger partial charge in [0.15, 0.2) is 29.7 Å². The Hall–Kier alpha value is -4.37. The fourth-order valence-corrected chi connectivity index (χ4v) is 4.33. The van der Waals surface area contributed by atoms with Crippen LogP contribution in [-0.4, -0.2) is 72.0 Å². The maximum atomic E-state index is 12.6. The van der Waals surface area contributed by atoms with Gasteiger partial charge in [-0.1, -0.05) is 12.1 Å². The average molecular weight is 606 g/mol. The van der Waals surface area contributed by atoms with Gasteiger partial charge in [0.2, 0.25) is 0 Å². The Morgan fingerprint density at radius 3 is 2.14 bits per heavy atom. The Balaban J connectivity index is 1.87. The molecule has 1 aliphatic rings. The Morgan fingerprint density at radius 1 is 0.905 bits per heavy atom. The van der Waals surface area contributed by atoms with Gasteiger partial charge < -0.3 is 33.4 Å². The number of ether oxygens (including phenoxy) is 5. The molecular formula is C27H31N3O11S. The quantitative estimate of drug-likeness (QED) is 0.110. The monoisotopic (exact) mass is 605 g/mol. The lowest BCUT2D eigenvalue weighted by atomic mass is 9.97. The fourth-order valence-electron chi connectivity index (χ4n) is 4.17. The third-order valence-electron chi connectivity index (χ3n) is 5.87. The van der Waals surface area contributed by atoms with Crippen LogP contribution < -0.4 is 16.4 Å². The van der Waals surface area contributed by atoms with Crippen molar-refractivity contribution in [2.75, 3.05) is 6.61 Å². The minimum Gasteiger partial charge on any atom is -0.463 e. The molecule has 15 heteroatoms. The van der Waals surface area contributed by atoms with Crippen molar-refractivity contribution in [2.24, 2.45) is 5.10 Å². The number of hydrogen-bond acceptors (Lipinski definition) is 13. The molecule has 1 aliphatic heterocycles. The summed E-state index contributed by atoms with van der Waals surface area (Å²) in [5, 5.41) is 7.47. The predicted octanol–water partition coefficient (Wildman–Crippen LogP) is 1.37. The van der Waals surface area contributed by atoms with Gasteiger partial charge in [-0.05, 0) is 43.8 Å². The van der Waals surface area contributed by atoms with Crippen LogP contribution in [0.5, 0.6) is 0 Å². The molecule has 2 N–H and O–H groups in total. The number of nitrogens with one attached hydrogen (secondary N) is 2. The van der Waals surface area contributed by atoms with Crippen LogP contribution >= 0.6 is 12.2 Å². The molecule has 2 aromatic rings. The molecule has 5 atom stereocenters. The van der Waals surface area contributed by atoms with Gasteiger partial charge in [0.25, 0.3) is 0 Å². The number of hydrogen-bond donors (Lipinski definition) is 2. The van der Waals surface area contributed by atoms with E-state index in [0.29, 0.717) is 11.0 Å². The number of nitrogens with zero attached hydrogens (tertiary/aromatic N) is 1. The van der Waals surface area contributed by atoms with E-state index < -0.39 is 66.8 Å². The molecular weight excluding hydrogens is 574 g/mol. The summed E-state index contributed by atoms with van der Waals surface area (Å²) in [4.78, 5) is 59.9. The number of carbonyl (C=O) groups is 4. The standard InChI is InChI=1S/C27H31N3O11S/c1-12-7-8-18-10-19(26(35)41-20(18)9-12)13(2)29-30-27(42)28-25-24(39-17(6)34)23(38-16(5)33)22(37-15(4)32)21(40-25)11-36-14(3)31/h7-10,21-25H,11H2,1-6H3,(H2,28,30,42)/b29-13+/t21-,22-,23+,24-,25-/m1/s1. The highest BCUT2D eigenvalue weighted by Gasteiger charge is 2.52. The van der Waals surface area contributed by atoms with E-state index in [-0.39, 0.29) is 16.4 Å². The normalized spacial score (nSPS) is 22.0. The van der Waals surface area contributed by atoms with Gasteiger partial charge in [-0.25, -0.2) is 4.79 Å². The summed E-state index contributed by atoms with van der Waals surface area (Å²) in [6.45, 7) is 7.57. The zero-order valence-corrected chi connectivity index (χ0v) is 24.6. The molecule has 3 rings (SSSR count). The Labute approximate surface area is 245 Å². The molecule has 42 heavy (non-hydrogen) atoms. The number of rotatable bonds is 8. The Kier molecular flexibility index (Phi) is 10.7. The van der Waals surface area contributed by atoms with Crippen molar-refractivity contribution in [1.82, 2.24) is 10.7 Å². The van der Waals surface area contributed by atoms with E-state index in [1.54, 1.807) is 19.1 Å². The largest absolute Gasteiger partial charge is 0.463 e. The third-order valence-corrected chi connectivity index (χ3v) is 6.08. The second kappa shape index (κ2) is 14.0. The van der Waals surface area contributed by atoms with Crippen LogP contribution in [0.25, 0.3) is 11.0 Å². The molecule has 0 saturated carbocycles. The maximum Gasteiger partial charge on any atom is 0.345 e. The van der Waals surface area contributed by atoms with Gasteiger partial charge in [0, 0.05) is 33.1 Å². The predicted molar refractivity (Wildman–Crippen MR) is 150 cm³/mol. The molecule has 0 aliphatic carbocycles. The Bertz CT molecular complexity index is 1470. The second-order valence-electron chi connectivity index (χ2n) is 9.39. The van der Waals surface area contributed by atoms with Crippen LogP contribution in [0.15, 0.2) is 38.6 Å². The van der Waals surface area contributed by atoms with Crippen molar-refractivity contribution >= 4 is 57.9 Å². The van der Waals surface area contributed by atoms with Crippen LogP contribution in [0, 0.1) is 6.92 Å². The number of thiocarbonyl (C=S) groups is 1. The highest BCUT2D eigenvalue weighted by Crippen LogP contribution is 2.28. The summed E-state index contributed by atoms with van der Waals surface area (Å²) in [5.41, 5.74) is 3.78. The van der Waals surface area contributed by atoms with Gasteiger partial charge in [-0.2, -0.15) is 5.10 Å². The number of fused-ring (bicyclic) bond motifs is 1. The second-order valence-corrected chi connectivity index (χ2v) is 9.80. The molecule has 0 unspecified atom stereocenters. The number of aryl methyl sites for hydroxylation is 1. The van der Waals surface area contributed by atoms with E-state index in [2.05, 4.69) is 15.8 Å². The van der Waals surface area contributed by atoms with Crippen LogP contribution in [0.2, 0.25) is 0 Å². The molecule has 2 heterocycles. The maximum absolute atomic E-state index is 12.6. The number of esters is 4. The van der Waals surface area contributed by atoms with E-state index >= 15 is 0 Å². The molecule has 0 radical (unpaired) electrons. The van der Waals surface area contributed by atoms with Crippen LogP contribution in [0.3, 0.4) is 0 Å². The zero-order chi connectivity index (χ0) is 31.1. The smallest absolute Gasteiger partial charge is 0.345 e. The van der Waals surface area contributed by atoms with Crippen molar-refractivity contribution in [2.45, 2.75) is 72.2 Å². The van der Waals surface area contributed by atoms with Gasteiger partial charge >= 0.3 is 29.5 Å². The van der Waals surface area contributed by atoms with Gasteiger partial charge in [-0.3, -0.25) is 24.6 Å². The van der Waals surface area contributed by atoms with Crippen LogP contribution in [0.1, 0.15) is 45.7 Å².